The van der Waals surface area contributed by atoms with Gasteiger partial charge in [0.05, 0.1) is 14.2 Å². The van der Waals surface area contributed by atoms with Crippen LogP contribution in [0.25, 0.3) is 0 Å². The molecule has 18 heavy (non-hydrogen) atoms. The minimum atomic E-state index is 0.132. The molecule has 7 heteroatoms. The number of aromatic nitrogens is 3. The van der Waals surface area contributed by atoms with Gasteiger partial charge in [-0.2, -0.15) is 9.97 Å². The highest BCUT2D eigenvalue weighted by Gasteiger charge is 2.25. The average molecular weight is 253 g/mol. The summed E-state index contributed by atoms with van der Waals surface area (Å²) in [4.78, 5) is 14.5. The molecule has 0 aliphatic carbocycles. The van der Waals surface area contributed by atoms with E-state index in [-0.39, 0.29) is 18.1 Å². The lowest BCUT2D eigenvalue weighted by atomic mass is 9.95. The van der Waals surface area contributed by atoms with E-state index >= 15 is 0 Å². The summed E-state index contributed by atoms with van der Waals surface area (Å²) >= 11 is 0. The Labute approximate surface area is 106 Å². The molecule has 1 aromatic heterocycles. The quantitative estimate of drug-likeness (QED) is 0.815. The zero-order chi connectivity index (χ0) is 13.1. The predicted octanol–water partition coefficient (Wildman–Crippen LogP) is 0.0623. The van der Waals surface area contributed by atoms with Gasteiger partial charge in [-0.15, -0.1) is 4.98 Å². The summed E-state index contributed by atoms with van der Waals surface area (Å²) in [5.41, 5.74) is 6.07. The van der Waals surface area contributed by atoms with Crippen molar-refractivity contribution < 1.29 is 9.47 Å². The van der Waals surface area contributed by atoms with Crippen LogP contribution in [0, 0.1) is 5.92 Å². The van der Waals surface area contributed by atoms with Crippen molar-refractivity contribution >= 4 is 5.95 Å². The van der Waals surface area contributed by atoms with Gasteiger partial charge in [0.1, 0.15) is 0 Å². The van der Waals surface area contributed by atoms with Crippen molar-refractivity contribution in [3.05, 3.63) is 0 Å². The Hall–Kier alpha value is -1.63. The van der Waals surface area contributed by atoms with Gasteiger partial charge in [-0.3, -0.25) is 0 Å². The fourth-order valence-electron chi connectivity index (χ4n) is 1.93. The zero-order valence-electron chi connectivity index (χ0n) is 11.0. The van der Waals surface area contributed by atoms with Crippen molar-refractivity contribution in [3.63, 3.8) is 0 Å². The number of methoxy groups -OCH3 is 2. The first kappa shape index (κ1) is 12.8. The van der Waals surface area contributed by atoms with Gasteiger partial charge in [0.25, 0.3) is 0 Å². The van der Waals surface area contributed by atoms with Crippen LogP contribution in [-0.2, 0) is 0 Å². The van der Waals surface area contributed by atoms with Gasteiger partial charge in [-0.25, -0.2) is 0 Å². The van der Waals surface area contributed by atoms with Gasteiger partial charge in [0, 0.05) is 19.1 Å². The number of rotatable bonds is 3. The summed E-state index contributed by atoms with van der Waals surface area (Å²) in [7, 11) is 3.03. The highest BCUT2D eigenvalue weighted by atomic mass is 16.5. The lowest BCUT2D eigenvalue weighted by molar-refractivity contribution is 0.335. The maximum Gasteiger partial charge on any atom is 0.324 e. The molecule has 2 atom stereocenters. The van der Waals surface area contributed by atoms with E-state index in [9.17, 15) is 0 Å². The number of anilines is 1. The number of ether oxygens (including phenoxy) is 2. The molecule has 0 spiro atoms. The Bertz CT molecular complexity index is 392. The Morgan fingerprint density at radius 2 is 1.78 bits per heavy atom. The molecule has 7 nitrogen and oxygen atoms in total. The third-order valence-electron chi connectivity index (χ3n) is 3.25. The van der Waals surface area contributed by atoms with Crippen molar-refractivity contribution in [3.8, 4) is 12.0 Å². The van der Waals surface area contributed by atoms with Crippen molar-refractivity contribution in [2.75, 3.05) is 32.2 Å². The van der Waals surface area contributed by atoms with Gasteiger partial charge in [-0.1, -0.05) is 6.92 Å². The van der Waals surface area contributed by atoms with E-state index in [1.807, 2.05) is 4.90 Å². The SMILES string of the molecule is COc1nc(OC)nc(N2CCC(C)C(N)C2)n1. The first-order valence-electron chi connectivity index (χ1n) is 5.98. The van der Waals surface area contributed by atoms with Gasteiger partial charge in [-0.05, 0) is 12.3 Å². The highest BCUT2D eigenvalue weighted by Crippen LogP contribution is 2.22. The largest absolute Gasteiger partial charge is 0.467 e. The molecule has 2 N–H and O–H groups in total. The summed E-state index contributed by atoms with van der Waals surface area (Å²) < 4.78 is 10.1. The van der Waals surface area contributed by atoms with Crippen LogP contribution in [0.2, 0.25) is 0 Å². The molecule has 1 aromatic rings. The summed E-state index contributed by atoms with van der Waals surface area (Å²) in [6.45, 7) is 3.78. The standard InChI is InChI=1S/C11H19N5O2/c1-7-4-5-16(6-8(7)12)9-13-10(17-2)15-11(14-9)18-3/h7-8H,4-6,12H2,1-3H3. The van der Waals surface area contributed by atoms with Gasteiger partial charge < -0.3 is 20.1 Å². The lowest BCUT2D eigenvalue weighted by Gasteiger charge is -2.34. The summed E-state index contributed by atoms with van der Waals surface area (Å²) in [5, 5.41) is 0. The molecular formula is C11H19N5O2. The fourth-order valence-corrected chi connectivity index (χ4v) is 1.93. The molecule has 0 bridgehead atoms. The average Bonchev–Trinajstić information content (AvgIpc) is 2.41. The molecule has 1 aliphatic heterocycles. The van der Waals surface area contributed by atoms with E-state index in [0.717, 1.165) is 19.5 Å². The van der Waals surface area contributed by atoms with E-state index in [1.165, 1.54) is 14.2 Å². The number of piperidine rings is 1. The zero-order valence-corrected chi connectivity index (χ0v) is 11.0. The van der Waals surface area contributed by atoms with Crippen LogP contribution < -0.4 is 20.1 Å². The molecule has 1 aliphatic rings. The maximum absolute atomic E-state index is 6.07. The van der Waals surface area contributed by atoms with E-state index in [0.29, 0.717) is 11.9 Å². The number of hydrogen-bond donors (Lipinski definition) is 1. The number of nitrogens with zero attached hydrogens (tertiary/aromatic N) is 4. The van der Waals surface area contributed by atoms with Gasteiger partial charge in [0.15, 0.2) is 0 Å². The fraction of sp³-hybridized carbons (Fsp3) is 0.727. The Morgan fingerprint density at radius 3 is 2.28 bits per heavy atom. The summed E-state index contributed by atoms with van der Waals surface area (Å²) in [6, 6.07) is 0.639. The molecule has 1 saturated heterocycles. The number of hydrogen-bond acceptors (Lipinski definition) is 7. The van der Waals surface area contributed by atoms with E-state index in [4.69, 9.17) is 15.2 Å². The predicted molar refractivity (Wildman–Crippen MR) is 66.9 cm³/mol. The second-order valence-corrected chi connectivity index (χ2v) is 4.48. The first-order valence-corrected chi connectivity index (χ1v) is 5.98. The van der Waals surface area contributed by atoms with E-state index in [1.54, 1.807) is 0 Å². The Morgan fingerprint density at radius 1 is 1.17 bits per heavy atom. The first-order chi connectivity index (χ1) is 8.63. The molecule has 1 fully saturated rings. The minimum Gasteiger partial charge on any atom is -0.467 e. The minimum absolute atomic E-state index is 0.132. The summed E-state index contributed by atoms with van der Waals surface area (Å²) in [6.07, 6.45) is 1.03. The van der Waals surface area contributed by atoms with Crippen molar-refractivity contribution in [1.29, 1.82) is 0 Å². The van der Waals surface area contributed by atoms with Crippen LogP contribution in [0.3, 0.4) is 0 Å². The second-order valence-electron chi connectivity index (χ2n) is 4.48. The van der Waals surface area contributed by atoms with Crippen LogP contribution in [-0.4, -0.2) is 48.3 Å². The number of nitrogens with two attached hydrogens (primary N) is 1. The molecular weight excluding hydrogens is 234 g/mol. The smallest absolute Gasteiger partial charge is 0.324 e. The molecule has 2 unspecified atom stereocenters. The van der Waals surface area contributed by atoms with Crippen LogP contribution in [0.4, 0.5) is 5.95 Å². The molecule has 100 valence electrons. The summed E-state index contributed by atoms with van der Waals surface area (Å²) in [5.74, 6) is 1.08. The second kappa shape index (κ2) is 5.34. The van der Waals surface area contributed by atoms with E-state index < -0.39 is 0 Å². The molecule has 2 rings (SSSR count). The molecule has 0 saturated carbocycles. The molecule has 0 amide bonds. The van der Waals surface area contributed by atoms with Crippen LogP contribution >= 0.6 is 0 Å². The van der Waals surface area contributed by atoms with E-state index in [2.05, 4.69) is 21.9 Å². The van der Waals surface area contributed by atoms with Crippen LogP contribution in [0.5, 0.6) is 12.0 Å². The van der Waals surface area contributed by atoms with Crippen LogP contribution in [0.1, 0.15) is 13.3 Å². The topological polar surface area (TPSA) is 86.4 Å². The van der Waals surface area contributed by atoms with Crippen molar-refractivity contribution in [1.82, 2.24) is 15.0 Å². The van der Waals surface area contributed by atoms with Crippen LogP contribution in [0.15, 0.2) is 0 Å². The van der Waals surface area contributed by atoms with Gasteiger partial charge >= 0.3 is 12.0 Å². The monoisotopic (exact) mass is 253 g/mol. The molecule has 0 radical (unpaired) electrons. The van der Waals surface area contributed by atoms with Crippen molar-refractivity contribution in [2.24, 2.45) is 11.7 Å². The van der Waals surface area contributed by atoms with Crippen molar-refractivity contribution in [2.45, 2.75) is 19.4 Å². The Balaban J connectivity index is 2.22. The molecule has 0 aromatic carbocycles. The normalized spacial score (nSPS) is 23.9. The Kier molecular flexibility index (Phi) is 3.81. The lowest BCUT2D eigenvalue weighted by Crippen LogP contribution is -2.48. The third kappa shape index (κ3) is 2.61. The maximum atomic E-state index is 6.07. The third-order valence-corrected chi connectivity index (χ3v) is 3.25. The van der Waals surface area contributed by atoms with Gasteiger partial charge in [0.2, 0.25) is 5.95 Å². The highest BCUT2D eigenvalue weighted by molar-refractivity contribution is 5.33. The molecule has 2 heterocycles.